The Bertz CT molecular complexity index is 283. The second-order valence-electron chi connectivity index (χ2n) is 5.16. The Morgan fingerprint density at radius 2 is 1.95 bits per heavy atom. The maximum absolute atomic E-state index is 12.5. The standard InChI is InChI=1S/C13H25F3N2O2/c1-4-20-7-5-6-18(9-13(14,15)16)12(19)11(17)8-10(2)3/h10-11H,4-9,17H2,1-3H3/t11-/m1/s1. The van der Waals surface area contributed by atoms with Crippen molar-refractivity contribution in [3.8, 4) is 0 Å². The molecule has 0 heterocycles. The first-order valence-electron chi connectivity index (χ1n) is 6.86. The zero-order chi connectivity index (χ0) is 15.8. The third kappa shape index (κ3) is 9.14. The van der Waals surface area contributed by atoms with E-state index in [1.807, 2.05) is 13.8 Å². The van der Waals surface area contributed by atoms with E-state index in [9.17, 15) is 18.0 Å². The van der Waals surface area contributed by atoms with Gasteiger partial charge in [0, 0.05) is 19.8 Å². The molecule has 0 fully saturated rings. The van der Waals surface area contributed by atoms with Crippen LogP contribution in [-0.2, 0) is 9.53 Å². The minimum Gasteiger partial charge on any atom is -0.382 e. The summed E-state index contributed by atoms with van der Waals surface area (Å²) in [6.07, 6.45) is -3.68. The van der Waals surface area contributed by atoms with Gasteiger partial charge in [0.05, 0.1) is 6.04 Å². The van der Waals surface area contributed by atoms with Crippen molar-refractivity contribution in [2.24, 2.45) is 11.7 Å². The van der Waals surface area contributed by atoms with E-state index in [4.69, 9.17) is 10.5 Å². The van der Waals surface area contributed by atoms with Gasteiger partial charge in [-0.2, -0.15) is 13.2 Å². The lowest BCUT2D eigenvalue weighted by Crippen LogP contribution is -2.48. The van der Waals surface area contributed by atoms with Crippen LogP contribution in [0, 0.1) is 5.92 Å². The molecule has 0 unspecified atom stereocenters. The average molecular weight is 298 g/mol. The molecule has 4 nitrogen and oxygen atoms in total. The molecule has 0 saturated heterocycles. The van der Waals surface area contributed by atoms with Crippen LogP contribution >= 0.6 is 0 Å². The van der Waals surface area contributed by atoms with Gasteiger partial charge in [-0.3, -0.25) is 4.79 Å². The number of hydrogen-bond donors (Lipinski definition) is 1. The van der Waals surface area contributed by atoms with Gasteiger partial charge >= 0.3 is 6.18 Å². The summed E-state index contributed by atoms with van der Waals surface area (Å²) in [5.41, 5.74) is 5.68. The van der Waals surface area contributed by atoms with Crippen LogP contribution in [0.3, 0.4) is 0 Å². The first kappa shape index (κ1) is 19.2. The lowest BCUT2D eigenvalue weighted by atomic mass is 10.0. The highest BCUT2D eigenvalue weighted by atomic mass is 19.4. The molecular formula is C13H25F3N2O2. The molecule has 0 aliphatic heterocycles. The average Bonchev–Trinajstić information content (AvgIpc) is 2.29. The molecule has 0 saturated carbocycles. The van der Waals surface area contributed by atoms with Crippen molar-refractivity contribution in [2.45, 2.75) is 45.8 Å². The third-order valence-electron chi connectivity index (χ3n) is 2.65. The highest BCUT2D eigenvalue weighted by molar-refractivity contribution is 5.81. The number of carbonyl (C=O) groups is 1. The minimum absolute atomic E-state index is 0.00411. The SMILES string of the molecule is CCOCCCN(CC(F)(F)F)C(=O)[C@H](N)CC(C)C. The van der Waals surface area contributed by atoms with Crippen LogP contribution in [0.25, 0.3) is 0 Å². The van der Waals surface area contributed by atoms with E-state index in [1.165, 1.54) is 0 Å². The van der Waals surface area contributed by atoms with Crippen molar-refractivity contribution in [1.29, 1.82) is 0 Å². The van der Waals surface area contributed by atoms with Gasteiger partial charge in [-0.1, -0.05) is 13.8 Å². The van der Waals surface area contributed by atoms with Crippen LogP contribution in [0.5, 0.6) is 0 Å². The van der Waals surface area contributed by atoms with Gasteiger partial charge in [0.2, 0.25) is 5.91 Å². The van der Waals surface area contributed by atoms with Gasteiger partial charge < -0.3 is 15.4 Å². The zero-order valence-corrected chi connectivity index (χ0v) is 12.4. The van der Waals surface area contributed by atoms with Crippen LogP contribution in [0.4, 0.5) is 13.2 Å². The Morgan fingerprint density at radius 3 is 2.40 bits per heavy atom. The molecule has 0 bridgehead atoms. The molecule has 0 aromatic heterocycles. The van der Waals surface area contributed by atoms with Gasteiger partial charge in [0.1, 0.15) is 6.54 Å². The molecule has 1 atom stereocenters. The van der Waals surface area contributed by atoms with Gasteiger partial charge in [0.25, 0.3) is 0 Å². The molecule has 7 heteroatoms. The van der Waals surface area contributed by atoms with Crippen molar-refractivity contribution in [1.82, 2.24) is 4.90 Å². The van der Waals surface area contributed by atoms with E-state index in [0.29, 0.717) is 26.1 Å². The summed E-state index contributed by atoms with van der Waals surface area (Å²) < 4.78 is 42.6. The first-order valence-corrected chi connectivity index (χ1v) is 6.86. The van der Waals surface area contributed by atoms with Crippen molar-refractivity contribution in [2.75, 3.05) is 26.3 Å². The molecule has 0 aliphatic rings. The molecule has 0 spiro atoms. The predicted octanol–water partition coefficient (Wildman–Crippen LogP) is 2.18. The quantitative estimate of drug-likeness (QED) is 0.664. The van der Waals surface area contributed by atoms with E-state index in [1.54, 1.807) is 6.92 Å². The molecule has 1 amide bonds. The van der Waals surface area contributed by atoms with Gasteiger partial charge in [-0.05, 0) is 25.7 Å². The van der Waals surface area contributed by atoms with Gasteiger partial charge in [-0.25, -0.2) is 0 Å². The summed E-state index contributed by atoms with van der Waals surface area (Å²) in [5.74, 6) is -0.488. The molecule has 2 N–H and O–H groups in total. The number of amides is 1. The summed E-state index contributed by atoms with van der Waals surface area (Å²) in [6, 6.07) is -0.885. The normalized spacial score (nSPS) is 13.6. The molecule has 120 valence electrons. The molecule has 0 aromatic carbocycles. The van der Waals surface area contributed by atoms with E-state index < -0.39 is 24.7 Å². The maximum atomic E-state index is 12.5. The van der Waals surface area contributed by atoms with Crippen LogP contribution < -0.4 is 5.73 Å². The Balaban J connectivity index is 4.53. The van der Waals surface area contributed by atoms with Crippen molar-refractivity contribution >= 4 is 5.91 Å². The summed E-state index contributed by atoms with van der Waals surface area (Å²) in [5, 5.41) is 0. The number of nitrogens with zero attached hydrogens (tertiary/aromatic N) is 1. The molecule has 0 rings (SSSR count). The summed E-state index contributed by atoms with van der Waals surface area (Å²) in [6.45, 7) is 5.12. The maximum Gasteiger partial charge on any atom is 0.406 e. The molecule has 0 radical (unpaired) electrons. The van der Waals surface area contributed by atoms with Crippen molar-refractivity contribution < 1.29 is 22.7 Å². The number of ether oxygens (including phenoxy) is 1. The highest BCUT2D eigenvalue weighted by Gasteiger charge is 2.34. The fourth-order valence-corrected chi connectivity index (χ4v) is 1.83. The first-order chi connectivity index (χ1) is 9.17. The molecule has 0 aliphatic carbocycles. The highest BCUT2D eigenvalue weighted by Crippen LogP contribution is 2.18. The van der Waals surface area contributed by atoms with E-state index in [0.717, 1.165) is 4.90 Å². The van der Waals surface area contributed by atoms with Crippen molar-refractivity contribution in [3.05, 3.63) is 0 Å². The van der Waals surface area contributed by atoms with E-state index >= 15 is 0 Å². The second kappa shape index (κ2) is 9.18. The summed E-state index contributed by atoms with van der Waals surface area (Å²) >= 11 is 0. The van der Waals surface area contributed by atoms with Crippen LogP contribution in [0.2, 0.25) is 0 Å². The largest absolute Gasteiger partial charge is 0.406 e. The molecule has 20 heavy (non-hydrogen) atoms. The lowest BCUT2D eigenvalue weighted by Gasteiger charge is -2.27. The van der Waals surface area contributed by atoms with Crippen LogP contribution in [-0.4, -0.2) is 49.3 Å². The molecular weight excluding hydrogens is 273 g/mol. The van der Waals surface area contributed by atoms with Crippen molar-refractivity contribution in [3.63, 3.8) is 0 Å². The number of rotatable bonds is 9. The Kier molecular flexibility index (Phi) is 8.80. The van der Waals surface area contributed by atoms with Crippen LogP contribution in [0.1, 0.15) is 33.6 Å². The van der Waals surface area contributed by atoms with E-state index in [2.05, 4.69) is 0 Å². The topological polar surface area (TPSA) is 55.6 Å². The van der Waals surface area contributed by atoms with E-state index in [-0.39, 0.29) is 12.5 Å². The number of halogens is 3. The summed E-state index contributed by atoms with van der Waals surface area (Å²) in [7, 11) is 0. The Hall–Kier alpha value is -0.820. The number of nitrogens with two attached hydrogens (primary N) is 1. The Labute approximate surface area is 118 Å². The third-order valence-corrected chi connectivity index (χ3v) is 2.65. The molecule has 0 aromatic rings. The number of hydrogen-bond acceptors (Lipinski definition) is 3. The smallest absolute Gasteiger partial charge is 0.382 e. The second-order valence-corrected chi connectivity index (χ2v) is 5.16. The Morgan fingerprint density at radius 1 is 1.35 bits per heavy atom. The summed E-state index contributed by atoms with van der Waals surface area (Å²) in [4.78, 5) is 12.8. The van der Waals surface area contributed by atoms with Gasteiger partial charge in [-0.15, -0.1) is 0 Å². The van der Waals surface area contributed by atoms with Gasteiger partial charge in [0.15, 0.2) is 0 Å². The zero-order valence-electron chi connectivity index (χ0n) is 12.4. The fourth-order valence-electron chi connectivity index (χ4n) is 1.83. The number of alkyl halides is 3. The fraction of sp³-hybridized carbons (Fsp3) is 0.923. The minimum atomic E-state index is -4.42. The number of carbonyl (C=O) groups excluding carboxylic acids is 1. The predicted molar refractivity (Wildman–Crippen MR) is 71.2 cm³/mol. The monoisotopic (exact) mass is 298 g/mol. The lowest BCUT2D eigenvalue weighted by molar-refractivity contribution is -0.162. The van der Waals surface area contributed by atoms with Crippen LogP contribution in [0.15, 0.2) is 0 Å².